The Hall–Kier alpha value is -1.53. The first-order chi connectivity index (χ1) is 7.22. The second-order valence-electron chi connectivity index (χ2n) is 3.63. The van der Waals surface area contributed by atoms with Gasteiger partial charge in [-0.3, -0.25) is 0 Å². The van der Waals surface area contributed by atoms with Gasteiger partial charge in [0, 0.05) is 12.6 Å². The molecule has 1 aromatic carbocycles. The minimum Gasteiger partial charge on any atom is -0.479 e. The number of ether oxygens (including phenoxy) is 1. The lowest BCUT2D eigenvalue weighted by atomic mass is 10.2. The Morgan fingerprint density at radius 1 is 1.33 bits per heavy atom. The Morgan fingerprint density at radius 3 is 2.53 bits per heavy atom. The lowest BCUT2D eigenvalue weighted by Crippen LogP contribution is -2.21. The Morgan fingerprint density at radius 2 is 2.00 bits per heavy atom. The summed E-state index contributed by atoms with van der Waals surface area (Å²) in [4.78, 5) is 0. The highest BCUT2D eigenvalue weighted by atomic mass is 16.5. The third-order valence-electron chi connectivity index (χ3n) is 1.94. The van der Waals surface area contributed by atoms with Crippen LogP contribution in [0.25, 0.3) is 0 Å². The highest BCUT2D eigenvalue weighted by Gasteiger charge is 1.96. The third kappa shape index (κ3) is 4.48. The number of rotatable bonds is 5. The van der Waals surface area contributed by atoms with Crippen molar-refractivity contribution in [1.82, 2.24) is 5.32 Å². The molecule has 1 aromatic rings. The molecule has 1 N–H and O–H groups in total. The first-order valence-electron chi connectivity index (χ1n) is 5.04. The van der Waals surface area contributed by atoms with Gasteiger partial charge in [0.15, 0.2) is 6.61 Å². The van der Waals surface area contributed by atoms with E-state index < -0.39 is 0 Å². The summed E-state index contributed by atoms with van der Waals surface area (Å²) in [7, 11) is 0. The Balaban J connectivity index is 2.46. The van der Waals surface area contributed by atoms with Gasteiger partial charge in [0.2, 0.25) is 0 Å². The first kappa shape index (κ1) is 11.5. The van der Waals surface area contributed by atoms with Crippen molar-refractivity contribution in [2.45, 2.75) is 26.4 Å². The molecule has 0 spiro atoms. The van der Waals surface area contributed by atoms with E-state index in [4.69, 9.17) is 10.00 Å². The predicted molar refractivity (Wildman–Crippen MR) is 59.5 cm³/mol. The zero-order valence-electron chi connectivity index (χ0n) is 9.16. The van der Waals surface area contributed by atoms with Gasteiger partial charge in [-0.05, 0) is 17.7 Å². The largest absolute Gasteiger partial charge is 0.479 e. The number of nitrogens with zero attached hydrogens (tertiary/aromatic N) is 1. The minimum atomic E-state index is 0.101. The molecule has 15 heavy (non-hydrogen) atoms. The van der Waals surface area contributed by atoms with Crippen LogP contribution in [0.15, 0.2) is 24.3 Å². The van der Waals surface area contributed by atoms with Gasteiger partial charge >= 0.3 is 0 Å². The molecule has 0 atom stereocenters. The van der Waals surface area contributed by atoms with Crippen LogP contribution < -0.4 is 10.1 Å². The zero-order valence-corrected chi connectivity index (χ0v) is 9.16. The fourth-order valence-electron chi connectivity index (χ4n) is 1.14. The maximum atomic E-state index is 8.34. The molecule has 0 bridgehead atoms. The molecule has 0 aliphatic heterocycles. The number of benzene rings is 1. The van der Waals surface area contributed by atoms with Gasteiger partial charge in [0.25, 0.3) is 0 Å². The molecule has 0 heterocycles. The highest BCUT2D eigenvalue weighted by Crippen LogP contribution is 2.11. The molecule has 0 unspecified atom stereocenters. The van der Waals surface area contributed by atoms with Gasteiger partial charge in [0.05, 0.1) is 0 Å². The molecule has 80 valence electrons. The van der Waals surface area contributed by atoms with Crippen molar-refractivity contribution in [3.8, 4) is 11.8 Å². The number of nitriles is 1. The van der Waals surface area contributed by atoms with E-state index in [-0.39, 0.29) is 6.61 Å². The van der Waals surface area contributed by atoms with Gasteiger partial charge < -0.3 is 10.1 Å². The molecule has 0 fully saturated rings. The summed E-state index contributed by atoms with van der Waals surface area (Å²) < 4.78 is 5.15. The van der Waals surface area contributed by atoms with Gasteiger partial charge in [-0.1, -0.05) is 26.0 Å². The van der Waals surface area contributed by atoms with Gasteiger partial charge in [-0.2, -0.15) is 5.26 Å². The Kier molecular flexibility index (Phi) is 4.65. The van der Waals surface area contributed by atoms with Crippen LogP contribution in [0, 0.1) is 11.3 Å². The van der Waals surface area contributed by atoms with E-state index in [2.05, 4.69) is 19.2 Å². The van der Waals surface area contributed by atoms with E-state index in [1.165, 1.54) is 5.56 Å². The maximum absolute atomic E-state index is 8.34. The van der Waals surface area contributed by atoms with Crippen LogP contribution in [0.5, 0.6) is 5.75 Å². The number of nitrogens with one attached hydrogen (secondary N) is 1. The maximum Gasteiger partial charge on any atom is 0.174 e. The molecule has 0 aromatic heterocycles. The topological polar surface area (TPSA) is 45.0 Å². The fraction of sp³-hybridized carbons (Fsp3) is 0.417. The average molecular weight is 204 g/mol. The molecule has 0 aliphatic rings. The summed E-state index contributed by atoms with van der Waals surface area (Å²) in [5.74, 6) is 0.741. The van der Waals surface area contributed by atoms with Crippen molar-refractivity contribution in [3.63, 3.8) is 0 Å². The van der Waals surface area contributed by atoms with Crippen molar-refractivity contribution < 1.29 is 4.74 Å². The molecule has 0 amide bonds. The molecular weight excluding hydrogens is 188 g/mol. The van der Waals surface area contributed by atoms with Crippen molar-refractivity contribution in [1.29, 1.82) is 5.26 Å². The van der Waals surface area contributed by atoms with Gasteiger partial charge in [-0.15, -0.1) is 0 Å². The summed E-state index contributed by atoms with van der Waals surface area (Å²) in [5, 5.41) is 11.7. The summed E-state index contributed by atoms with van der Waals surface area (Å²) in [5.41, 5.74) is 1.22. The van der Waals surface area contributed by atoms with Crippen LogP contribution in [0.4, 0.5) is 0 Å². The summed E-state index contributed by atoms with van der Waals surface area (Å²) >= 11 is 0. The lowest BCUT2D eigenvalue weighted by Gasteiger charge is -2.08. The second kappa shape index (κ2) is 6.05. The number of hydrogen-bond acceptors (Lipinski definition) is 3. The van der Waals surface area contributed by atoms with E-state index in [0.717, 1.165) is 12.3 Å². The van der Waals surface area contributed by atoms with Crippen molar-refractivity contribution in [2.24, 2.45) is 0 Å². The van der Waals surface area contributed by atoms with Gasteiger partial charge in [0.1, 0.15) is 11.8 Å². The second-order valence-corrected chi connectivity index (χ2v) is 3.63. The van der Waals surface area contributed by atoms with E-state index in [0.29, 0.717) is 6.04 Å². The molecule has 3 nitrogen and oxygen atoms in total. The minimum absolute atomic E-state index is 0.101. The summed E-state index contributed by atoms with van der Waals surface area (Å²) in [6.45, 7) is 5.19. The lowest BCUT2D eigenvalue weighted by molar-refractivity contribution is 0.368. The molecule has 0 saturated carbocycles. The number of hydrogen-bond donors (Lipinski definition) is 1. The molecule has 0 radical (unpaired) electrons. The van der Waals surface area contributed by atoms with Crippen LogP contribution in [0.2, 0.25) is 0 Å². The average Bonchev–Trinajstić information content (AvgIpc) is 2.25. The van der Waals surface area contributed by atoms with Crippen LogP contribution in [-0.2, 0) is 6.54 Å². The summed E-state index contributed by atoms with van der Waals surface area (Å²) in [6.07, 6.45) is 0. The highest BCUT2D eigenvalue weighted by molar-refractivity contribution is 5.27. The first-order valence-corrected chi connectivity index (χ1v) is 5.04. The monoisotopic (exact) mass is 204 g/mol. The van der Waals surface area contributed by atoms with Crippen LogP contribution in [-0.4, -0.2) is 12.6 Å². The van der Waals surface area contributed by atoms with Gasteiger partial charge in [-0.25, -0.2) is 0 Å². The fourth-order valence-corrected chi connectivity index (χ4v) is 1.14. The van der Waals surface area contributed by atoms with Crippen LogP contribution in [0.1, 0.15) is 19.4 Å². The van der Waals surface area contributed by atoms with Crippen LogP contribution >= 0.6 is 0 Å². The normalized spacial score (nSPS) is 10.0. The quantitative estimate of drug-likeness (QED) is 0.798. The SMILES string of the molecule is CC(C)NCc1ccc(OCC#N)cc1. The van der Waals surface area contributed by atoms with E-state index in [1.807, 2.05) is 30.3 Å². The summed E-state index contributed by atoms with van der Waals surface area (Å²) in [6, 6.07) is 10.2. The van der Waals surface area contributed by atoms with E-state index in [9.17, 15) is 0 Å². The molecule has 1 rings (SSSR count). The molecular formula is C12H16N2O. The smallest absolute Gasteiger partial charge is 0.174 e. The Bertz CT molecular complexity index is 324. The van der Waals surface area contributed by atoms with E-state index >= 15 is 0 Å². The standard InChI is InChI=1S/C12H16N2O/c1-10(2)14-9-11-3-5-12(6-4-11)15-8-7-13/h3-6,10,14H,8-9H2,1-2H3. The molecule has 0 saturated heterocycles. The van der Waals surface area contributed by atoms with E-state index in [1.54, 1.807) is 0 Å². The van der Waals surface area contributed by atoms with Crippen molar-refractivity contribution in [3.05, 3.63) is 29.8 Å². The van der Waals surface area contributed by atoms with Crippen LogP contribution in [0.3, 0.4) is 0 Å². The molecule has 3 heteroatoms. The molecule has 0 aliphatic carbocycles. The Labute approximate surface area is 90.7 Å². The predicted octanol–water partition coefficient (Wildman–Crippen LogP) is 2.09. The third-order valence-corrected chi connectivity index (χ3v) is 1.94. The van der Waals surface area contributed by atoms with Crippen molar-refractivity contribution in [2.75, 3.05) is 6.61 Å². The van der Waals surface area contributed by atoms with Crippen molar-refractivity contribution >= 4 is 0 Å². The zero-order chi connectivity index (χ0) is 11.1.